The molecule has 0 amide bonds. The van der Waals surface area contributed by atoms with Gasteiger partial charge in [0.1, 0.15) is 0 Å². The summed E-state index contributed by atoms with van der Waals surface area (Å²) in [6, 6.07) is 6.09. The Hall–Kier alpha value is -1.92. The number of nitrogens with zero attached hydrogens (tertiary/aromatic N) is 3. The third-order valence-corrected chi connectivity index (χ3v) is 3.18. The summed E-state index contributed by atoms with van der Waals surface area (Å²) in [6.07, 6.45) is 4.36. The van der Waals surface area contributed by atoms with Crippen LogP contribution in [0.15, 0.2) is 30.6 Å². The van der Waals surface area contributed by atoms with Crippen molar-refractivity contribution in [3.05, 3.63) is 41.9 Å². The number of nitrogens with one attached hydrogen (secondary N) is 1. The SMILES string of the molecule is COc1ncccc1C(Cc1ccn(C(C)C)n1)NN. The number of pyridine rings is 1. The fourth-order valence-electron chi connectivity index (χ4n) is 2.08. The lowest BCUT2D eigenvalue weighted by molar-refractivity contribution is 0.381. The van der Waals surface area contributed by atoms with Crippen LogP contribution >= 0.6 is 0 Å². The monoisotopic (exact) mass is 275 g/mol. The number of hydrazine groups is 1. The van der Waals surface area contributed by atoms with E-state index < -0.39 is 0 Å². The number of ether oxygens (including phenoxy) is 1. The highest BCUT2D eigenvalue weighted by molar-refractivity contribution is 5.29. The van der Waals surface area contributed by atoms with E-state index in [1.165, 1.54) is 0 Å². The van der Waals surface area contributed by atoms with Crippen molar-refractivity contribution in [3.8, 4) is 5.88 Å². The number of methoxy groups -OCH3 is 1. The molecular formula is C14H21N5O. The predicted octanol–water partition coefficient (Wildman–Crippen LogP) is 1.61. The number of nitrogens with two attached hydrogens (primary N) is 1. The Kier molecular flexibility index (Phi) is 4.70. The van der Waals surface area contributed by atoms with E-state index >= 15 is 0 Å². The van der Waals surface area contributed by atoms with E-state index in [4.69, 9.17) is 10.6 Å². The molecule has 0 spiro atoms. The molecule has 108 valence electrons. The van der Waals surface area contributed by atoms with Gasteiger partial charge in [-0.3, -0.25) is 16.0 Å². The van der Waals surface area contributed by atoms with Crippen LogP contribution in [0.25, 0.3) is 0 Å². The van der Waals surface area contributed by atoms with Crippen molar-refractivity contribution in [1.29, 1.82) is 0 Å². The lowest BCUT2D eigenvalue weighted by atomic mass is 10.0. The minimum absolute atomic E-state index is 0.0887. The molecule has 0 aliphatic rings. The maximum Gasteiger partial charge on any atom is 0.217 e. The molecule has 0 saturated carbocycles. The van der Waals surface area contributed by atoms with Crippen LogP contribution < -0.4 is 16.0 Å². The Balaban J connectivity index is 2.19. The fraction of sp³-hybridized carbons (Fsp3) is 0.429. The summed E-state index contributed by atoms with van der Waals surface area (Å²) in [5.41, 5.74) is 4.72. The summed E-state index contributed by atoms with van der Waals surface area (Å²) in [4.78, 5) is 4.20. The van der Waals surface area contributed by atoms with Gasteiger partial charge in [0.05, 0.1) is 18.8 Å². The van der Waals surface area contributed by atoms with E-state index in [9.17, 15) is 0 Å². The van der Waals surface area contributed by atoms with Crippen LogP contribution in [0.1, 0.15) is 37.2 Å². The van der Waals surface area contributed by atoms with Gasteiger partial charge in [0.2, 0.25) is 5.88 Å². The van der Waals surface area contributed by atoms with E-state index in [1.54, 1.807) is 13.3 Å². The van der Waals surface area contributed by atoms with Gasteiger partial charge in [-0.05, 0) is 26.0 Å². The first kappa shape index (κ1) is 14.5. The molecule has 6 heteroatoms. The maximum absolute atomic E-state index is 5.67. The molecule has 0 aromatic carbocycles. The van der Waals surface area contributed by atoms with E-state index in [0.29, 0.717) is 18.3 Å². The fourth-order valence-corrected chi connectivity index (χ4v) is 2.08. The Morgan fingerprint density at radius 2 is 2.20 bits per heavy atom. The van der Waals surface area contributed by atoms with Crippen LogP contribution in [-0.4, -0.2) is 21.9 Å². The first-order valence-electron chi connectivity index (χ1n) is 6.64. The van der Waals surface area contributed by atoms with Crippen LogP contribution in [0.4, 0.5) is 0 Å². The molecule has 2 aromatic heterocycles. The Morgan fingerprint density at radius 3 is 2.80 bits per heavy atom. The third-order valence-electron chi connectivity index (χ3n) is 3.18. The van der Waals surface area contributed by atoms with Crippen LogP contribution in [-0.2, 0) is 6.42 Å². The lowest BCUT2D eigenvalue weighted by Gasteiger charge is -2.17. The second-order valence-electron chi connectivity index (χ2n) is 4.91. The van der Waals surface area contributed by atoms with Crippen molar-refractivity contribution < 1.29 is 4.74 Å². The largest absolute Gasteiger partial charge is 0.481 e. The first-order valence-corrected chi connectivity index (χ1v) is 6.64. The summed E-state index contributed by atoms with van der Waals surface area (Å²) >= 11 is 0. The highest BCUT2D eigenvalue weighted by atomic mass is 16.5. The molecule has 3 N–H and O–H groups in total. The van der Waals surface area contributed by atoms with Gasteiger partial charge in [0.15, 0.2) is 0 Å². The summed E-state index contributed by atoms with van der Waals surface area (Å²) in [7, 11) is 1.60. The maximum atomic E-state index is 5.67. The Morgan fingerprint density at radius 1 is 1.40 bits per heavy atom. The zero-order valence-electron chi connectivity index (χ0n) is 12.1. The average molecular weight is 275 g/mol. The molecular weight excluding hydrogens is 254 g/mol. The topological polar surface area (TPSA) is 78.0 Å². The van der Waals surface area contributed by atoms with Gasteiger partial charge in [0, 0.05) is 30.4 Å². The normalized spacial score (nSPS) is 12.7. The van der Waals surface area contributed by atoms with Crippen molar-refractivity contribution in [2.45, 2.75) is 32.4 Å². The zero-order valence-corrected chi connectivity index (χ0v) is 12.1. The number of aromatic nitrogens is 3. The average Bonchev–Trinajstić information content (AvgIpc) is 2.93. The second-order valence-corrected chi connectivity index (χ2v) is 4.91. The molecule has 1 unspecified atom stereocenters. The number of rotatable bonds is 6. The van der Waals surface area contributed by atoms with E-state index in [-0.39, 0.29) is 6.04 Å². The van der Waals surface area contributed by atoms with Gasteiger partial charge >= 0.3 is 0 Å². The van der Waals surface area contributed by atoms with Crippen molar-refractivity contribution in [3.63, 3.8) is 0 Å². The van der Waals surface area contributed by atoms with Crippen molar-refractivity contribution >= 4 is 0 Å². The molecule has 20 heavy (non-hydrogen) atoms. The number of hydrogen-bond acceptors (Lipinski definition) is 5. The molecule has 0 bridgehead atoms. The quantitative estimate of drug-likeness (QED) is 0.618. The first-order chi connectivity index (χ1) is 9.65. The van der Waals surface area contributed by atoms with Crippen molar-refractivity contribution in [2.24, 2.45) is 5.84 Å². The van der Waals surface area contributed by atoms with Gasteiger partial charge in [-0.25, -0.2) is 4.98 Å². The molecule has 0 saturated heterocycles. The molecule has 1 atom stereocenters. The van der Waals surface area contributed by atoms with E-state index in [1.807, 2.05) is 29.1 Å². The highest BCUT2D eigenvalue weighted by Gasteiger charge is 2.17. The van der Waals surface area contributed by atoms with Crippen molar-refractivity contribution in [2.75, 3.05) is 7.11 Å². The van der Waals surface area contributed by atoms with Gasteiger partial charge < -0.3 is 4.74 Å². The number of hydrogen-bond donors (Lipinski definition) is 2. The standard InChI is InChI=1S/C14H21N5O/c1-10(2)19-8-6-11(18-19)9-13(17-15)12-5-4-7-16-14(12)20-3/h4-8,10,13,17H,9,15H2,1-3H3. The zero-order chi connectivity index (χ0) is 14.5. The van der Waals surface area contributed by atoms with E-state index in [0.717, 1.165) is 11.3 Å². The summed E-state index contributed by atoms with van der Waals surface area (Å²) in [6.45, 7) is 4.19. The lowest BCUT2D eigenvalue weighted by Crippen LogP contribution is -2.30. The molecule has 0 aliphatic heterocycles. The van der Waals surface area contributed by atoms with Gasteiger partial charge in [-0.15, -0.1) is 0 Å². The molecule has 2 heterocycles. The second kappa shape index (κ2) is 6.49. The van der Waals surface area contributed by atoms with Crippen LogP contribution in [0, 0.1) is 0 Å². The van der Waals surface area contributed by atoms with E-state index in [2.05, 4.69) is 29.4 Å². The predicted molar refractivity (Wildman–Crippen MR) is 77.2 cm³/mol. The van der Waals surface area contributed by atoms with Gasteiger partial charge in [-0.2, -0.15) is 5.10 Å². The van der Waals surface area contributed by atoms with Crippen molar-refractivity contribution in [1.82, 2.24) is 20.2 Å². The Bertz CT molecular complexity index is 552. The molecule has 0 fully saturated rings. The minimum Gasteiger partial charge on any atom is -0.481 e. The third kappa shape index (κ3) is 3.15. The van der Waals surface area contributed by atoms with Crippen LogP contribution in [0.5, 0.6) is 5.88 Å². The summed E-state index contributed by atoms with van der Waals surface area (Å²) < 4.78 is 7.21. The molecule has 0 aliphatic carbocycles. The highest BCUT2D eigenvalue weighted by Crippen LogP contribution is 2.24. The minimum atomic E-state index is -0.0887. The van der Waals surface area contributed by atoms with Gasteiger partial charge in [0.25, 0.3) is 0 Å². The molecule has 2 aromatic rings. The summed E-state index contributed by atoms with van der Waals surface area (Å²) in [5, 5.41) is 4.54. The van der Waals surface area contributed by atoms with Crippen LogP contribution in [0.2, 0.25) is 0 Å². The van der Waals surface area contributed by atoms with Gasteiger partial charge in [-0.1, -0.05) is 6.07 Å². The smallest absolute Gasteiger partial charge is 0.217 e. The van der Waals surface area contributed by atoms with Crippen LogP contribution in [0.3, 0.4) is 0 Å². The molecule has 6 nitrogen and oxygen atoms in total. The molecule has 0 radical (unpaired) electrons. The summed E-state index contributed by atoms with van der Waals surface area (Å²) in [5.74, 6) is 6.26. The molecule has 2 rings (SSSR count). The Labute approximate surface area is 118 Å².